The minimum Gasteiger partial charge on any atom is -0.314 e. The summed E-state index contributed by atoms with van der Waals surface area (Å²) in [4.78, 5) is 14.6. The molecular weight excluding hydrogens is 429 g/mol. The first-order valence-electron chi connectivity index (χ1n) is 7.33. The Bertz CT molecular complexity index is 673. The first kappa shape index (κ1) is 23.9. The molecule has 1 heterocycles. The van der Waals surface area contributed by atoms with E-state index in [1.54, 1.807) is 17.7 Å². The van der Waals surface area contributed by atoms with E-state index in [9.17, 15) is 4.79 Å². The van der Waals surface area contributed by atoms with Gasteiger partial charge in [0.1, 0.15) is 5.54 Å². The van der Waals surface area contributed by atoms with Crippen molar-refractivity contribution in [3.8, 4) is 0 Å². The van der Waals surface area contributed by atoms with Gasteiger partial charge < -0.3 is 16.0 Å². The van der Waals surface area contributed by atoms with Gasteiger partial charge in [-0.1, -0.05) is 28.1 Å². The zero-order chi connectivity index (χ0) is 17.0. The molecule has 0 saturated carbocycles. The fourth-order valence-corrected chi connectivity index (χ4v) is 2.29. The fraction of sp³-hybridized carbons (Fsp3) is 0.375. The molecule has 2 aromatic rings. The number of nitrogens with one attached hydrogen (secondary N) is 1. The summed E-state index contributed by atoms with van der Waals surface area (Å²) in [6.45, 7) is 3.33. The molecule has 3 N–H and O–H groups in total. The number of nitrogens with zero attached hydrogens (tertiary/aromatic N) is 3. The molecule has 0 aliphatic heterocycles. The second-order valence-corrected chi connectivity index (χ2v) is 6.85. The molecule has 140 valence electrons. The van der Waals surface area contributed by atoms with Crippen molar-refractivity contribution in [2.24, 2.45) is 5.73 Å². The lowest BCUT2D eigenvalue weighted by Gasteiger charge is -2.23. The Morgan fingerprint density at radius 2 is 1.88 bits per heavy atom. The number of aromatic nitrogens is 2. The summed E-state index contributed by atoms with van der Waals surface area (Å²) in [5.74, 6) is 0.209. The molecule has 1 aromatic heterocycles. The van der Waals surface area contributed by atoms with Crippen molar-refractivity contribution in [3.63, 3.8) is 0 Å². The Kier molecular flexibility index (Phi) is 9.68. The molecule has 0 radical (unpaired) electrons. The van der Waals surface area contributed by atoms with Crippen LogP contribution in [0.2, 0.25) is 0 Å². The first-order chi connectivity index (χ1) is 10.8. The number of hydrogen-bond donors (Lipinski definition) is 2. The van der Waals surface area contributed by atoms with Crippen LogP contribution in [0.1, 0.15) is 12.5 Å². The van der Waals surface area contributed by atoms with Gasteiger partial charge in [-0.15, -0.1) is 24.8 Å². The summed E-state index contributed by atoms with van der Waals surface area (Å²) in [7, 11) is 4.01. The molecule has 1 unspecified atom stereocenters. The van der Waals surface area contributed by atoms with E-state index in [4.69, 9.17) is 5.73 Å². The minimum atomic E-state index is -1.13. The molecule has 1 atom stereocenters. The van der Waals surface area contributed by atoms with E-state index in [1.807, 2.05) is 44.6 Å². The second-order valence-electron chi connectivity index (χ2n) is 5.93. The fourth-order valence-electron chi connectivity index (χ4n) is 2.03. The van der Waals surface area contributed by atoms with Gasteiger partial charge in [-0.05, 0) is 38.7 Å². The van der Waals surface area contributed by atoms with E-state index in [-0.39, 0.29) is 30.7 Å². The zero-order valence-electron chi connectivity index (χ0n) is 14.4. The number of rotatable bonds is 6. The van der Waals surface area contributed by atoms with E-state index in [0.29, 0.717) is 5.82 Å². The molecule has 1 aromatic carbocycles. The van der Waals surface area contributed by atoms with Crippen LogP contribution in [0.3, 0.4) is 0 Å². The van der Waals surface area contributed by atoms with E-state index in [1.165, 1.54) is 0 Å². The number of nitrogens with two attached hydrogens (primary N) is 1. The topological polar surface area (TPSA) is 76.2 Å². The summed E-state index contributed by atoms with van der Waals surface area (Å²) < 4.78 is 2.74. The van der Waals surface area contributed by atoms with Crippen molar-refractivity contribution in [3.05, 3.63) is 46.6 Å². The van der Waals surface area contributed by atoms with Crippen molar-refractivity contribution in [2.45, 2.75) is 19.0 Å². The van der Waals surface area contributed by atoms with Crippen molar-refractivity contribution < 1.29 is 4.79 Å². The third-order valence-corrected chi connectivity index (χ3v) is 4.10. The zero-order valence-corrected chi connectivity index (χ0v) is 17.6. The summed E-state index contributed by atoms with van der Waals surface area (Å²) in [6.07, 6.45) is 1.84. The molecular formula is C16H24BrCl2N5O. The number of halogens is 3. The summed E-state index contributed by atoms with van der Waals surface area (Å²) in [6, 6.07) is 9.16. The largest absolute Gasteiger partial charge is 0.314 e. The molecule has 0 saturated heterocycles. The van der Waals surface area contributed by atoms with Crippen LogP contribution in [0.25, 0.3) is 0 Å². The minimum absolute atomic E-state index is 0. The predicted molar refractivity (Wildman–Crippen MR) is 110 cm³/mol. The predicted octanol–water partition coefficient (Wildman–Crippen LogP) is 2.86. The van der Waals surface area contributed by atoms with Gasteiger partial charge >= 0.3 is 0 Å². The maximum atomic E-state index is 12.5. The van der Waals surface area contributed by atoms with Crippen LogP contribution < -0.4 is 11.1 Å². The quantitative estimate of drug-likeness (QED) is 0.706. The van der Waals surface area contributed by atoms with Crippen LogP contribution >= 0.6 is 40.7 Å². The van der Waals surface area contributed by atoms with Gasteiger partial charge in [0.25, 0.3) is 0 Å². The van der Waals surface area contributed by atoms with Crippen molar-refractivity contribution in [1.29, 1.82) is 0 Å². The lowest BCUT2D eigenvalue weighted by atomic mass is 9.92. The molecule has 0 fully saturated rings. The number of likely N-dealkylation sites (N-methyl/N-ethyl adjacent to an activating group) is 1. The molecule has 1 amide bonds. The second kappa shape index (κ2) is 10.1. The van der Waals surface area contributed by atoms with Gasteiger partial charge in [0.2, 0.25) is 5.91 Å². The lowest BCUT2D eigenvalue weighted by Crippen LogP contribution is -2.45. The maximum absolute atomic E-state index is 12.5. The average Bonchev–Trinajstić information content (AvgIpc) is 2.93. The van der Waals surface area contributed by atoms with Crippen molar-refractivity contribution in [1.82, 2.24) is 14.7 Å². The molecule has 2 rings (SSSR count). The average molecular weight is 453 g/mol. The number of hydrogen-bond acceptors (Lipinski definition) is 4. The van der Waals surface area contributed by atoms with Gasteiger partial charge in [-0.25, -0.2) is 0 Å². The van der Waals surface area contributed by atoms with Crippen LogP contribution in [0.4, 0.5) is 5.82 Å². The molecule has 25 heavy (non-hydrogen) atoms. The number of carbonyl (C=O) groups excluding carboxylic acids is 1. The van der Waals surface area contributed by atoms with Crippen LogP contribution in [-0.2, 0) is 16.9 Å². The monoisotopic (exact) mass is 451 g/mol. The van der Waals surface area contributed by atoms with Crippen LogP contribution in [0.15, 0.2) is 41.0 Å². The standard InChI is InChI=1S/C16H22BrN5O.2ClH/c1-16(18,12-4-6-13(17)7-5-12)15(23)19-14-8-9-22(20-14)11-10-21(2)3;;/h4-9H,10-11,18H2,1-3H3,(H,19,20,23);2*1H. The van der Waals surface area contributed by atoms with E-state index >= 15 is 0 Å². The van der Waals surface area contributed by atoms with Crippen molar-refractivity contribution in [2.75, 3.05) is 26.0 Å². The van der Waals surface area contributed by atoms with Crippen LogP contribution in [0, 0.1) is 0 Å². The summed E-state index contributed by atoms with van der Waals surface area (Å²) in [5.41, 5.74) is 5.83. The smallest absolute Gasteiger partial charge is 0.249 e. The molecule has 0 spiro atoms. The normalized spacial score (nSPS) is 12.7. The van der Waals surface area contributed by atoms with E-state index in [2.05, 4.69) is 31.2 Å². The van der Waals surface area contributed by atoms with E-state index < -0.39 is 5.54 Å². The van der Waals surface area contributed by atoms with Crippen molar-refractivity contribution >= 4 is 52.5 Å². The van der Waals surface area contributed by atoms with Gasteiger partial charge in [0.05, 0.1) is 6.54 Å². The highest BCUT2D eigenvalue weighted by Gasteiger charge is 2.31. The SMILES string of the molecule is CN(C)CCn1ccc(NC(=O)C(C)(N)c2ccc(Br)cc2)n1.Cl.Cl. The van der Waals surface area contributed by atoms with Crippen LogP contribution in [0.5, 0.6) is 0 Å². The highest BCUT2D eigenvalue weighted by atomic mass is 79.9. The summed E-state index contributed by atoms with van der Waals surface area (Å²) >= 11 is 3.37. The highest BCUT2D eigenvalue weighted by Crippen LogP contribution is 2.22. The number of anilines is 1. The number of amides is 1. The Hall–Kier alpha value is -1.12. The molecule has 0 aliphatic carbocycles. The third-order valence-electron chi connectivity index (χ3n) is 3.57. The summed E-state index contributed by atoms with van der Waals surface area (Å²) in [5, 5.41) is 7.12. The molecule has 9 heteroatoms. The van der Waals surface area contributed by atoms with Crippen LogP contribution in [-0.4, -0.2) is 41.2 Å². The first-order valence-corrected chi connectivity index (χ1v) is 8.13. The Labute approximate surface area is 169 Å². The number of benzene rings is 1. The molecule has 0 bridgehead atoms. The Morgan fingerprint density at radius 3 is 2.44 bits per heavy atom. The maximum Gasteiger partial charge on any atom is 0.249 e. The highest BCUT2D eigenvalue weighted by molar-refractivity contribution is 9.10. The van der Waals surface area contributed by atoms with Gasteiger partial charge in [-0.2, -0.15) is 5.10 Å². The third kappa shape index (κ3) is 6.60. The number of carbonyl (C=O) groups is 1. The van der Waals surface area contributed by atoms with Gasteiger partial charge in [0.15, 0.2) is 5.82 Å². The van der Waals surface area contributed by atoms with E-state index in [0.717, 1.165) is 23.1 Å². The molecule has 6 nitrogen and oxygen atoms in total. The Morgan fingerprint density at radius 1 is 1.28 bits per heavy atom. The lowest BCUT2D eigenvalue weighted by molar-refractivity contribution is -0.120. The van der Waals surface area contributed by atoms with Gasteiger partial charge in [-0.3, -0.25) is 9.48 Å². The molecule has 0 aliphatic rings. The van der Waals surface area contributed by atoms with Gasteiger partial charge in [0, 0.05) is 23.3 Å². The Balaban J connectivity index is 0.00000288.